The van der Waals surface area contributed by atoms with Crippen LogP contribution >= 0.6 is 11.3 Å². The molecular weight excluding hydrogens is 380 g/mol. The van der Waals surface area contributed by atoms with Crippen molar-refractivity contribution in [2.24, 2.45) is 0 Å². The number of aryl methyl sites for hydroxylation is 1. The number of methoxy groups -OCH3 is 1. The molecule has 2 atom stereocenters. The normalized spacial score (nSPS) is 12.9. The van der Waals surface area contributed by atoms with Gasteiger partial charge in [0.15, 0.2) is 6.04 Å². The number of thiophene rings is 1. The van der Waals surface area contributed by atoms with Crippen LogP contribution in [0.3, 0.4) is 0 Å². The van der Waals surface area contributed by atoms with Crippen molar-refractivity contribution in [1.29, 1.82) is 0 Å². The number of benzene rings is 2. The van der Waals surface area contributed by atoms with E-state index >= 15 is 0 Å². The van der Waals surface area contributed by atoms with Crippen molar-refractivity contribution in [2.75, 3.05) is 12.4 Å². The summed E-state index contributed by atoms with van der Waals surface area (Å²) in [5.41, 5.74) is 3.25. The van der Waals surface area contributed by atoms with E-state index in [0.717, 1.165) is 12.8 Å². The van der Waals surface area contributed by atoms with Crippen LogP contribution < -0.4 is 15.4 Å². The van der Waals surface area contributed by atoms with E-state index in [9.17, 15) is 4.79 Å². The molecule has 1 heterocycles. The first-order chi connectivity index (χ1) is 14.1. The molecule has 0 unspecified atom stereocenters. The van der Waals surface area contributed by atoms with Crippen LogP contribution in [0.4, 0.5) is 5.69 Å². The van der Waals surface area contributed by atoms with E-state index in [1.54, 1.807) is 18.4 Å². The molecule has 152 valence electrons. The average Bonchev–Trinajstić information content (AvgIpc) is 3.27. The van der Waals surface area contributed by atoms with E-state index in [2.05, 4.69) is 59.3 Å². The van der Waals surface area contributed by atoms with Gasteiger partial charge >= 0.3 is 0 Å². The second-order valence-electron chi connectivity index (χ2n) is 7.16. The van der Waals surface area contributed by atoms with Crippen LogP contribution in [0.1, 0.15) is 42.3 Å². The molecule has 29 heavy (non-hydrogen) atoms. The number of quaternary nitrogens is 1. The topological polar surface area (TPSA) is 54.9 Å². The summed E-state index contributed by atoms with van der Waals surface area (Å²) in [6.07, 6.45) is 2.23. The predicted octanol–water partition coefficient (Wildman–Crippen LogP) is 4.39. The van der Waals surface area contributed by atoms with Crippen LogP contribution in [-0.2, 0) is 11.2 Å². The molecular formula is C24H29N2O2S+. The highest BCUT2D eigenvalue weighted by Gasteiger charge is 2.26. The number of hydrogen-bond acceptors (Lipinski definition) is 3. The Balaban J connectivity index is 1.76. The number of nitrogens with one attached hydrogen (secondary N) is 1. The number of carbonyl (C=O) groups is 1. The van der Waals surface area contributed by atoms with Crippen LogP contribution in [0, 0.1) is 0 Å². The van der Waals surface area contributed by atoms with Crippen molar-refractivity contribution in [3.8, 4) is 5.75 Å². The van der Waals surface area contributed by atoms with E-state index in [1.165, 1.54) is 16.0 Å². The van der Waals surface area contributed by atoms with Gasteiger partial charge in [-0.1, -0.05) is 55.8 Å². The van der Waals surface area contributed by atoms with Gasteiger partial charge in [0.2, 0.25) is 0 Å². The molecule has 0 aliphatic heterocycles. The maximum atomic E-state index is 12.9. The number of hydrogen-bond donors (Lipinski definition) is 2. The first kappa shape index (κ1) is 21.1. The number of carbonyl (C=O) groups excluding carboxylic acids is 1. The fourth-order valence-corrected chi connectivity index (χ4v) is 4.22. The van der Waals surface area contributed by atoms with Crippen molar-refractivity contribution in [2.45, 2.75) is 38.8 Å². The average molecular weight is 410 g/mol. The van der Waals surface area contributed by atoms with Gasteiger partial charge < -0.3 is 15.4 Å². The monoisotopic (exact) mass is 409 g/mol. The van der Waals surface area contributed by atoms with E-state index in [-0.39, 0.29) is 18.0 Å². The molecule has 0 spiro atoms. The second kappa shape index (κ2) is 10.2. The summed E-state index contributed by atoms with van der Waals surface area (Å²) in [6, 6.07) is 20.3. The lowest BCUT2D eigenvalue weighted by atomic mass is 10.0. The van der Waals surface area contributed by atoms with Crippen molar-refractivity contribution >= 4 is 22.9 Å². The first-order valence-corrected chi connectivity index (χ1v) is 10.9. The van der Waals surface area contributed by atoms with Gasteiger partial charge in [0.1, 0.15) is 11.8 Å². The van der Waals surface area contributed by atoms with Gasteiger partial charge in [0.25, 0.3) is 5.91 Å². The Bertz CT molecular complexity index is 907. The number of nitrogens with two attached hydrogens (primary N) is 1. The largest absolute Gasteiger partial charge is 0.495 e. The fraction of sp³-hybridized carbons (Fsp3) is 0.292. The number of amides is 1. The van der Waals surface area contributed by atoms with E-state index in [0.29, 0.717) is 11.4 Å². The van der Waals surface area contributed by atoms with E-state index in [1.807, 2.05) is 31.2 Å². The Morgan fingerprint density at radius 1 is 1.10 bits per heavy atom. The molecule has 4 nitrogen and oxygen atoms in total. The van der Waals surface area contributed by atoms with Crippen molar-refractivity contribution in [1.82, 2.24) is 0 Å². The lowest BCUT2D eigenvalue weighted by Crippen LogP contribution is -2.92. The maximum Gasteiger partial charge on any atom is 0.282 e. The van der Waals surface area contributed by atoms with Crippen LogP contribution in [0.25, 0.3) is 0 Å². The summed E-state index contributed by atoms with van der Waals surface area (Å²) in [6.45, 7) is 4.13. The Kier molecular flexibility index (Phi) is 7.44. The minimum absolute atomic E-state index is 0.0429. The van der Waals surface area contributed by atoms with Crippen molar-refractivity contribution in [3.05, 3.63) is 82.0 Å². The van der Waals surface area contributed by atoms with E-state index in [4.69, 9.17) is 4.74 Å². The maximum absolute atomic E-state index is 12.9. The second-order valence-corrected chi connectivity index (χ2v) is 8.13. The number of anilines is 1. The molecule has 1 aromatic heterocycles. The molecule has 3 N–H and O–H groups in total. The Labute approximate surface area is 176 Å². The molecule has 0 saturated carbocycles. The lowest BCUT2D eigenvalue weighted by molar-refractivity contribution is -0.703. The molecule has 1 amide bonds. The Morgan fingerprint density at radius 2 is 1.86 bits per heavy atom. The van der Waals surface area contributed by atoms with Gasteiger partial charge in [-0.2, -0.15) is 0 Å². The van der Waals surface area contributed by atoms with Gasteiger partial charge in [0, 0.05) is 5.56 Å². The molecule has 0 saturated heterocycles. The molecule has 3 rings (SSSR count). The van der Waals surface area contributed by atoms with Gasteiger partial charge in [-0.25, -0.2) is 0 Å². The quantitative estimate of drug-likeness (QED) is 0.551. The summed E-state index contributed by atoms with van der Waals surface area (Å²) in [5, 5.41) is 7.21. The SMILES string of the molecule is CCCc1ccc([C@H]([NH2+][C@@H](C)C(=O)Nc2ccccc2OC)c2cccs2)cc1. The van der Waals surface area contributed by atoms with E-state index < -0.39 is 0 Å². The summed E-state index contributed by atoms with van der Waals surface area (Å²) in [7, 11) is 1.61. The van der Waals surface area contributed by atoms with Crippen LogP contribution in [0.5, 0.6) is 5.75 Å². The van der Waals surface area contributed by atoms with Gasteiger partial charge in [-0.15, -0.1) is 11.3 Å². The third-order valence-corrected chi connectivity index (χ3v) is 5.94. The third kappa shape index (κ3) is 5.46. The molecule has 0 aliphatic rings. The van der Waals surface area contributed by atoms with Crippen molar-refractivity contribution in [3.63, 3.8) is 0 Å². The molecule has 0 bridgehead atoms. The van der Waals surface area contributed by atoms with Gasteiger partial charge in [-0.3, -0.25) is 4.79 Å². The molecule has 0 fully saturated rings. The zero-order valence-electron chi connectivity index (χ0n) is 17.2. The minimum Gasteiger partial charge on any atom is -0.495 e. The highest BCUT2D eigenvalue weighted by atomic mass is 32.1. The molecule has 2 aromatic carbocycles. The van der Waals surface area contributed by atoms with Crippen LogP contribution in [-0.4, -0.2) is 19.1 Å². The molecule has 3 aromatic rings. The first-order valence-electron chi connectivity index (χ1n) is 10.0. The zero-order valence-corrected chi connectivity index (χ0v) is 18.0. The highest BCUT2D eigenvalue weighted by molar-refractivity contribution is 7.10. The Morgan fingerprint density at radius 3 is 2.52 bits per heavy atom. The summed E-state index contributed by atoms with van der Waals surface area (Å²) < 4.78 is 5.34. The lowest BCUT2D eigenvalue weighted by Gasteiger charge is -2.20. The Hall–Kier alpha value is -2.63. The number of para-hydroxylation sites is 2. The van der Waals surface area contributed by atoms with Crippen LogP contribution in [0.15, 0.2) is 66.0 Å². The van der Waals surface area contributed by atoms with Gasteiger partial charge in [0.05, 0.1) is 17.7 Å². The van der Waals surface area contributed by atoms with Crippen LogP contribution in [0.2, 0.25) is 0 Å². The summed E-state index contributed by atoms with van der Waals surface area (Å²) in [5.74, 6) is 0.619. The standard InChI is InChI=1S/C24H28N2O2S/c1-4-8-18-12-14-19(15-13-18)23(22-11-7-16-29-22)25-17(2)24(27)26-20-9-5-6-10-21(20)28-3/h5-7,9-17,23,25H,4,8H2,1-3H3,(H,26,27)/p+1/t17-,23-/m0/s1. The smallest absolute Gasteiger partial charge is 0.282 e. The van der Waals surface area contributed by atoms with Crippen molar-refractivity contribution < 1.29 is 14.8 Å². The highest BCUT2D eigenvalue weighted by Crippen LogP contribution is 2.25. The predicted molar refractivity (Wildman–Crippen MR) is 120 cm³/mol. The molecule has 5 heteroatoms. The number of rotatable bonds is 9. The summed E-state index contributed by atoms with van der Waals surface area (Å²) >= 11 is 1.72. The minimum atomic E-state index is -0.262. The fourth-order valence-electron chi connectivity index (χ4n) is 3.39. The van der Waals surface area contributed by atoms with Gasteiger partial charge in [-0.05, 0) is 42.5 Å². The zero-order chi connectivity index (χ0) is 20.6. The third-order valence-electron chi connectivity index (χ3n) is 4.99. The number of ether oxygens (including phenoxy) is 1. The summed E-state index contributed by atoms with van der Waals surface area (Å²) in [4.78, 5) is 14.1. The molecule has 0 radical (unpaired) electrons. The molecule has 0 aliphatic carbocycles.